The van der Waals surface area contributed by atoms with Crippen LogP contribution in [0.15, 0.2) is 24.7 Å². The third-order valence-electron chi connectivity index (χ3n) is 3.36. The molecule has 22 heavy (non-hydrogen) atoms. The molecule has 0 aliphatic rings. The van der Waals surface area contributed by atoms with E-state index in [-0.39, 0.29) is 11.1 Å². The first-order valence-electron chi connectivity index (χ1n) is 6.30. The molecule has 0 unspecified atom stereocenters. The van der Waals surface area contributed by atoms with Crippen LogP contribution in [0.3, 0.4) is 0 Å². The lowest BCUT2D eigenvalue weighted by Gasteiger charge is -2.11. The Hall–Kier alpha value is -2.82. The Balaban J connectivity index is 2.36. The van der Waals surface area contributed by atoms with Crippen LogP contribution in [-0.2, 0) is 13.2 Å². The van der Waals surface area contributed by atoms with Crippen molar-refractivity contribution < 1.29 is 13.2 Å². The van der Waals surface area contributed by atoms with Gasteiger partial charge in [0.2, 0.25) is 0 Å². The molecule has 3 aromatic heterocycles. The summed E-state index contributed by atoms with van der Waals surface area (Å²) in [4.78, 5) is 0. The molecule has 0 atom stereocenters. The van der Waals surface area contributed by atoms with Crippen molar-refractivity contribution in [2.75, 3.05) is 0 Å². The van der Waals surface area contributed by atoms with Gasteiger partial charge in [0.25, 0.3) is 0 Å². The zero-order valence-electron chi connectivity index (χ0n) is 11.7. The zero-order chi connectivity index (χ0) is 16.1. The topological polar surface area (TPSA) is 58.9 Å². The van der Waals surface area contributed by atoms with Crippen LogP contribution in [0.25, 0.3) is 16.6 Å². The van der Waals surface area contributed by atoms with Crippen molar-refractivity contribution in [2.24, 2.45) is 7.05 Å². The van der Waals surface area contributed by atoms with E-state index < -0.39 is 11.7 Å². The number of rotatable bonds is 1. The number of aromatic nitrogens is 4. The Morgan fingerprint density at radius 1 is 1.27 bits per heavy atom. The fourth-order valence-electron chi connectivity index (χ4n) is 2.45. The van der Waals surface area contributed by atoms with E-state index in [0.29, 0.717) is 16.8 Å². The van der Waals surface area contributed by atoms with Crippen molar-refractivity contribution in [2.45, 2.75) is 13.1 Å². The Kier molecular flexibility index (Phi) is 2.95. The zero-order valence-corrected chi connectivity index (χ0v) is 11.7. The maximum absolute atomic E-state index is 13.3. The number of alkyl halides is 3. The summed E-state index contributed by atoms with van der Waals surface area (Å²) < 4.78 is 42.6. The molecule has 0 fully saturated rings. The molecular weight excluding hydrogens is 295 g/mol. The maximum Gasteiger partial charge on any atom is 0.418 e. The van der Waals surface area contributed by atoms with Crippen LogP contribution < -0.4 is 0 Å². The molecule has 3 rings (SSSR count). The lowest BCUT2D eigenvalue weighted by Crippen LogP contribution is -2.09. The first-order chi connectivity index (χ1) is 10.3. The van der Waals surface area contributed by atoms with Gasteiger partial charge in [0.05, 0.1) is 28.5 Å². The van der Waals surface area contributed by atoms with E-state index in [9.17, 15) is 13.2 Å². The Morgan fingerprint density at radius 3 is 2.55 bits per heavy atom. The van der Waals surface area contributed by atoms with Crippen LogP contribution >= 0.6 is 0 Å². The quantitative estimate of drug-likeness (QED) is 0.694. The van der Waals surface area contributed by atoms with Gasteiger partial charge < -0.3 is 0 Å². The van der Waals surface area contributed by atoms with Crippen LogP contribution in [-0.4, -0.2) is 19.4 Å². The number of nitriles is 1. The van der Waals surface area contributed by atoms with Crippen LogP contribution in [0, 0.1) is 18.3 Å². The summed E-state index contributed by atoms with van der Waals surface area (Å²) in [7, 11) is 1.70. The highest BCUT2D eigenvalue weighted by molar-refractivity contribution is 5.73. The van der Waals surface area contributed by atoms with Crippen molar-refractivity contribution in [3.63, 3.8) is 0 Å². The van der Waals surface area contributed by atoms with E-state index in [2.05, 4.69) is 10.2 Å². The van der Waals surface area contributed by atoms with E-state index in [1.165, 1.54) is 10.9 Å². The minimum absolute atomic E-state index is 0.109. The fourth-order valence-corrected chi connectivity index (χ4v) is 2.45. The van der Waals surface area contributed by atoms with Crippen LogP contribution in [0.5, 0.6) is 0 Å². The predicted octanol–water partition coefficient (Wildman–Crippen LogP) is 2.93. The predicted molar refractivity (Wildman–Crippen MR) is 71.8 cm³/mol. The van der Waals surface area contributed by atoms with Gasteiger partial charge >= 0.3 is 6.18 Å². The molecule has 0 saturated carbocycles. The summed E-state index contributed by atoms with van der Waals surface area (Å²) in [6.45, 7) is 1.72. The molecule has 8 heteroatoms. The molecule has 0 aliphatic heterocycles. The number of nitrogens with zero attached hydrogens (tertiary/aromatic N) is 5. The molecule has 0 aliphatic carbocycles. The smallest absolute Gasteiger partial charge is 0.275 e. The standard InChI is InChI=1S/C14H10F3N5/c1-8-11(7-21(2)20-8)9-3-12(14(15,16)17)13-10(4-18)5-19-22(13)6-9/h3,5-7H,1-2H3. The molecule has 0 aromatic carbocycles. The van der Waals surface area contributed by atoms with Crippen LogP contribution in [0.4, 0.5) is 13.2 Å². The average Bonchev–Trinajstić information content (AvgIpc) is 2.99. The van der Waals surface area contributed by atoms with Gasteiger partial charge in [-0.3, -0.25) is 4.68 Å². The number of halogens is 3. The van der Waals surface area contributed by atoms with Gasteiger partial charge in [0.1, 0.15) is 6.07 Å². The van der Waals surface area contributed by atoms with E-state index in [0.717, 1.165) is 16.8 Å². The Labute approximate surface area is 123 Å². The van der Waals surface area contributed by atoms with Crippen LogP contribution in [0.1, 0.15) is 16.8 Å². The summed E-state index contributed by atoms with van der Waals surface area (Å²) in [6, 6.07) is 2.77. The van der Waals surface area contributed by atoms with E-state index >= 15 is 0 Å². The molecule has 112 valence electrons. The highest BCUT2D eigenvalue weighted by atomic mass is 19.4. The van der Waals surface area contributed by atoms with Gasteiger partial charge in [0, 0.05) is 30.6 Å². The highest BCUT2D eigenvalue weighted by Crippen LogP contribution is 2.36. The second kappa shape index (κ2) is 4.59. The number of fused-ring (bicyclic) bond motifs is 1. The molecule has 0 amide bonds. The van der Waals surface area contributed by atoms with E-state index in [4.69, 9.17) is 5.26 Å². The second-order valence-electron chi connectivity index (χ2n) is 4.91. The summed E-state index contributed by atoms with van der Waals surface area (Å²) >= 11 is 0. The minimum atomic E-state index is -4.58. The minimum Gasteiger partial charge on any atom is -0.275 e. The molecule has 0 bridgehead atoms. The van der Waals surface area contributed by atoms with E-state index in [1.807, 2.05) is 0 Å². The number of hydrogen-bond acceptors (Lipinski definition) is 3. The number of aryl methyl sites for hydroxylation is 2. The SMILES string of the molecule is Cc1nn(C)cc1-c1cc(C(F)(F)F)c2c(C#N)cnn2c1. The molecule has 0 N–H and O–H groups in total. The largest absolute Gasteiger partial charge is 0.418 e. The first kappa shape index (κ1) is 14.1. The van der Waals surface area contributed by atoms with Gasteiger partial charge in [-0.25, -0.2) is 4.52 Å². The van der Waals surface area contributed by atoms with Crippen molar-refractivity contribution in [1.82, 2.24) is 19.4 Å². The highest BCUT2D eigenvalue weighted by Gasteiger charge is 2.35. The molecule has 0 saturated heterocycles. The van der Waals surface area contributed by atoms with Gasteiger partial charge in [-0.15, -0.1) is 0 Å². The third-order valence-corrected chi connectivity index (χ3v) is 3.36. The summed E-state index contributed by atoms with van der Waals surface area (Å²) in [6.07, 6.45) is -0.343. The molecule has 3 aromatic rings. The Bertz CT molecular complexity index is 911. The second-order valence-corrected chi connectivity index (χ2v) is 4.91. The maximum atomic E-state index is 13.3. The molecule has 0 spiro atoms. The molecule has 0 radical (unpaired) electrons. The first-order valence-corrected chi connectivity index (χ1v) is 6.30. The molecular formula is C14H10F3N5. The summed E-state index contributed by atoms with van der Waals surface area (Å²) in [5.41, 5.74) is 0.314. The number of pyridine rings is 1. The average molecular weight is 305 g/mol. The van der Waals surface area contributed by atoms with Crippen molar-refractivity contribution in [1.29, 1.82) is 5.26 Å². The summed E-state index contributed by atoms with van der Waals surface area (Å²) in [5.74, 6) is 0. The summed E-state index contributed by atoms with van der Waals surface area (Å²) in [5, 5.41) is 17.0. The lowest BCUT2D eigenvalue weighted by molar-refractivity contribution is -0.136. The van der Waals surface area contributed by atoms with Gasteiger partial charge in [0.15, 0.2) is 0 Å². The molecule has 5 nitrogen and oxygen atoms in total. The molecule has 3 heterocycles. The third kappa shape index (κ3) is 2.11. The lowest BCUT2D eigenvalue weighted by atomic mass is 10.0. The van der Waals surface area contributed by atoms with Gasteiger partial charge in [-0.1, -0.05) is 0 Å². The Morgan fingerprint density at radius 2 is 2.00 bits per heavy atom. The van der Waals surface area contributed by atoms with Crippen molar-refractivity contribution in [3.8, 4) is 17.2 Å². The number of hydrogen-bond donors (Lipinski definition) is 0. The van der Waals surface area contributed by atoms with E-state index in [1.54, 1.807) is 26.2 Å². The van der Waals surface area contributed by atoms with Crippen LogP contribution in [0.2, 0.25) is 0 Å². The van der Waals surface area contributed by atoms with Gasteiger partial charge in [-0.2, -0.15) is 28.6 Å². The van der Waals surface area contributed by atoms with Gasteiger partial charge in [-0.05, 0) is 13.0 Å². The van der Waals surface area contributed by atoms with Crippen molar-refractivity contribution >= 4 is 5.52 Å². The fraction of sp³-hybridized carbons (Fsp3) is 0.214. The van der Waals surface area contributed by atoms with Crippen molar-refractivity contribution in [3.05, 3.63) is 41.5 Å². The monoisotopic (exact) mass is 305 g/mol. The normalized spacial score (nSPS) is 11.8.